The Morgan fingerprint density at radius 2 is 2.14 bits per heavy atom. The number of unbranched alkanes of at least 4 members (excludes halogenated alkanes) is 2. The van der Waals surface area contributed by atoms with Crippen LogP contribution in [0.4, 0.5) is 0 Å². The van der Waals surface area contributed by atoms with Crippen molar-refractivity contribution in [2.75, 3.05) is 0 Å². The number of rotatable bonds is 4. The fourth-order valence-corrected chi connectivity index (χ4v) is 1.34. The van der Waals surface area contributed by atoms with Gasteiger partial charge in [0.1, 0.15) is 0 Å². The molecule has 0 N–H and O–H groups in total. The van der Waals surface area contributed by atoms with E-state index in [4.69, 9.17) is 18.0 Å². The number of terminal acetylenes is 1. The molecule has 0 aliphatic rings. The molecule has 1 heteroatoms. The third-order valence-corrected chi connectivity index (χ3v) is 2.24. The van der Waals surface area contributed by atoms with E-state index in [1.165, 1.54) is 0 Å². The van der Waals surface area contributed by atoms with Crippen LogP contribution in [0.2, 0.25) is 5.02 Å². The molecule has 0 aliphatic heterocycles. The van der Waals surface area contributed by atoms with Crippen molar-refractivity contribution in [1.29, 1.82) is 0 Å². The molecule has 0 aromatic heterocycles. The minimum atomic E-state index is 0.792. The van der Waals surface area contributed by atoms with E-state index in [0.717, 1.165) is 29.8 Å². The lowest BCUT2D eigenvalue weighted by molar-refractivity contribution is 0.888. The molecule has 0 saturated heterocycles. The van der Waals surface area contributed by atoms with Gasteiger partial charge in [0.05, 0.1) is 0 Å². The lowest BCUT2D eigenvalue weighted by Crippen LogP contribution is -1.73. The molecule has 1 aromatic rings. The van der Waals surface area contributed by atoms with Gasteiger partial charge in [0.15, 0.2) is 0 Å². The molecule has 0 saturated carbocycles. The SMILES string of the molecule is C#CCCCC=Cc1ccccc1Cl. The second kappa shape index (κ2) is 6.29. The van der Waals surface area contributed by atoms with Crippen LogP contribution in [0.5, 0.6) is 0 Å². The molecule has 0 unspecified atom stereocenters. The fourth-order valence-electron chi connectivity index (χ4n) is 1.14. The minimum Gasteiger partial charge on any atom is -0.120 e. The first kappa shape index (κ1) is 10.9. The molecular formula is C13H13Cl. The van der Waals surface area contributed by atoms with Gasteiger partial charge < -0.3 is 0 Å². The summed E-state index contributed by atoms with van der Waals surface area (Å²) in [4.78, 5) is 0. The van der Waals surface area contributed by atoms with Gasteiger partial charge in [-0.05, 0) is 24.5 Å². The van der Waals surface area contributed by atoms with Crippen LogP contribution in [-0.4, -0.2) is 0 Å². The highest BCUT2D eigenvalue weighted by Crippen LogP contribution is 2.16. The monoisotopic (exact) mass is 204 g/mol. The van der Waals surface area contributed by atoms with Gasteiger partial charge in [-0.2, -0.15) is 0 Å². The molecule has 0 fully saturated rings. The number of hydrogen-bond donors (Lipinski definition) is 0. The average molecular weight is 205 g/mol. The summed E-state index contributed by atoms with van der Waals surface area (Å²) in [6, 6.07) is 7.80. The Bertz CT molecular complexity index is 344. The van der Waals surface area contributed by atoms with Gasteiger partial charge in [-0.15, -0.1) is 12.3 Å². The van der Waals surface area contributed by atoms with Gasteiger partial charge in [0.25, 0.3) is 0 Å². The van der Waals surface area contributed by atoms with Crippen LogP contribution < -0.4 is 0 Å². The minimum absolute atomic E-state index is 0.792. The first-order valence-electron chi connectivity index (χ1n) is 4.69. The Morgan fingerprint density at radius 3 is 2.86 bits per heavy atom. The molecule has 0 spiro atoms. The predicted molar refractivity (Wildman–Crippen MR) is 63.2 cm³/mol. The molecule has 0 atom stereocenters. The highest BCUT2D eigenvalue weighted by molar-refractivity contribution is 6.32. The Balaban J connectivity index is 2.45. The van der Waals surface area contributed by atoms with Gasteiger partial charge in [0, 0.05) is 11.4 Å². The molecule has 0 amide bonds. The Morgan fingerprint density at radius 1 is 1.36 bits per heavy atom. The standard InChI is InChI=1S/C13H13Cl/c1-2-3-4-5-6-9-12-10-7-8-11-13(12)14/h1,6-11H,3-5H2. The predicted octanol–water partition coefficient (Wildman–Crippen LogP) is 4.16. The van der Waals surface area contributed by atoms with Crippen molar-refractivity contribution in [2.24, 2.45) is 0 Å². The normalized spacial score (nSPS) is 10.3. The third-order valence-electron chi connectivity index (χ3n) is 1.89. The second-order valence-electron chi connectivity index (χ2n) is 3.02. The zero-order valence-electron chi connectivity index (χ0n) is 8.04. The quantitative estimate of drug-likeness (QED) is 0.511. The van der Waals surface area contributed by atoms with Crippen molar-refractivity contribution >= 4 is 17.7 Å². The van der Waals surface area contributed by atoms with Crippen LogP contribution in [0.15, 0.2) is 30.3 Å². The molecule has 72 valence electrons. The van der Waals surface area contributed by atoms with Crippen LogP contribution in [-0.2, 0) is 0 Å². The maximum absolute atomic E-state index is 5.98. The zero-order chi connectivity index (χ0) is 10.2. The van der Waals surface area contributed by atoms with Crippen molar-refractivity contribution in [3.8, 4) is 12.3 Å². The molecule has 0 aliphatic carbocycles. The number of allylic oxidation sites excluding steroid dienone is 1. The Hall–Kier alpha value is -1.19. The van der Waals surface area contributed by atoms with Crippen LogP contribution in [0.3, 0.4) is 0 Å². The lowest BCUT2D eigenvalue weighted by atomic mass is 10.1. The van der Waals surface area contributed by atoms with Crippen molar-refractivity contribution in [2.45, 2.75) is 19.3 Å². The zero-order valence-corrected chi connectivity index (χ0v) is 8.80. The molecule has 14 heavy (non-hydrogen) atoms. The summed E-state index contributed by atoms with van der Waals surface area (Å²) in [5.74, 6) is 2.62. The number of halogens is 1. The fraction of sp³-hybridized carbons (Fsp3) is 0.231. The van der Waals surface area contributed by atoms with Crippen molar-refractivity contribution < 1.29 is 0 Å². The van der Waals surface area contributed by atoms with Gasteiger partial charge in [-0.25, -0.2) is 0 Å². The summed E-state index contributed by atoms with van der Waals surface area (Å²) < 4.78 is 0. The van der Waals surface area contributed by atoms with Crippen LogP contribution in [0.1, 0.15) is 24.8 Å². The molecule has 1 aromatic carbocycles. The molecule has 0 bridgehead atoms. The van der Waals surface area contributed by atoms with E-state index >= 15 is 0 Å². The molecular weight excluding hydrogens is 192 g/mol. The highest BCUT2D eigenvalue weighted by atomic mass is 35.5. The Kier molecular flexibility index (Phi) is 4.89. The van der Waals surface area contributed by atoms with Gasteiger partial charge >= 0.3 is 0 Å². The van der Waals surface area contributed by atoms with Crippen LogP contribution in [0.25, 0.3) is 6.08 Å². The topological polar surface area (TPSA) is 0 Å². The lowest BCUT2D eigenvalue weighted by Gasteiger charge is -1.95. The van der Waals surface area contributed by atoms with E-state index in [2.05, 4.69) is 12.0 Å². The van der Waals surface area contributed by atoms with E-state index in [1.807, 2.05) is 30.3 Å². The molecule has 0 radical (unpaired) electrons. The van der Waals surface area contributed by atoms with Gasteiger partial charge in [0.2, 0.25) is 0 Å². The maximum atomic E-state index is 5.98. The first-order valence-corrected chi connectivity index (χ1v) is 5.07. The summed E-state index contributed by atoms with van der Waals surface area (Å²) in [7, 11) is 0. The largest absolute Gasteiger partial charge is 0.120 e. The van der Waals surface area contributed by atoms with E-state index in [0.29, 0.717) is 0 Å². The molecule has 0 heterocycles. The number of benzene rings is 1. The van der Waals surface area contributed by atoms with Crippen LogP contribution in [0, 0.1) is 12.3 Å². The van der Waals surface area contributed by atoms with Crippen LogP contribution >= 0.6 is 11.6 Å². The first-order chi connectivity index (χ1) is 6.84. The van der Waals surface area contributed by atoms with Gasteiger partial charge in [-0.3, -0.25) is 0 Å². The molecule has 1 rings (SSSR count). The third kappa shape index (κ3) is 3.68. The van der Waals surface area contributed by atoms with Crippen molar-refractivity contribution in [3.63, 3.8) is 0 Å². The van der Waals surface area contributed by atoms with Gasteiger partial charge in [-0.1, -0.05) is 42.0 Å². The number of hydrogen-bond acceptors (Lipinski definition) is 0. The van der Waals surface area contributed by atoms with Crippen molar-refractivity contribution in [3.05, 3.63) is 40.9 Å². The van der Waals surface area contributed by atoms with E-state index in [9.17, 15) is 0 Å². The van der Waals surface area contributed by atoms with Crippen molar-refractivity contribution in [1.82, 2.24) is 0 Å². The summed E-state index contributed by atoms with van der Waals surface area (Å²) >= 11 is 5.98. The van der Waals surface area contributed by atoms with E-state index < -0.39 is 0 Å². The smallest absolute Gasteiger partial charge is 0.0478 e. The maximum Gasteiger partial charge on any atom is 0.0478 e. The highest BCUT2D eigenvalue weighted by Gasteiger charge is 1.91. The molecule has 0 nitrogen and oxygen atoms in total. The summed E-state index contributed by atoms with van der Waals surface area (Å²) in [5.41, 5.74) is 1.06. The average Bonchev–Trinajstić information content (AvgIpc) is 2.20. The van der Waals surface area contributed by atoms with E-state index in [1.54, 1.807) is 0 Å². The van der Waals surface area contributed by atoms with E-state index in [-0.39, 0.29) is 0 Å². The Labute approximate surface area is 90.6 Å². The summed E-state index contributed by atoms with van der Waals surface area (Å²) in [5, 5.41) is 0.792. The second-order valence-corrected chi connectivity index (χ2v) is 3.43. The summed E-state index contributed by atoms with van der Waals surface area (Å²) in [6.07, 6.45) is 12.2. The summed E-state index contributed by atoms with van der Waals surface area (Å²) in [6.45, 7) is 0.